The second kappa shape index (κ2) is 4.06. The van der Waals surface area contributed by atoms with Gasteiger partial charge in [-0.05, 0) is 17.7 Å². The molecule has 78 valence electrons. The third-order valence-corrected chi connectivity index (χ3v) is 2.62. The first-order valence-corrected chi connectivity index (χ1v) is 6.06. The van der Waals surface area contributed by atoms with Crippen LogP contribution >= 0.6 is 0 Å². The molecule has 0 radical (unpaired) electrons. The first-order chi connectivity index (χ1) is 6.38. The highest BCUT2D eigenvalue weighted by Crippen LogP contribution is 2.15. The van der Waals surface area contributed by atoms with Gasteiger partial charge in [-0.3, -0.25) is 0 Å². The van der Waals surface area contributed by atoms with E-state index in [0.717, 1.165) is 12.3 Å². The quantitative estimate of drug-likeness (QED) is 0.820. The van der Waals surface area contributed by atoms with E-state index in [2.05, 4.69) is 0 Å². The highest BCUT2D eigenvalue weighted by Gasteiger charge is 2.14. The Morgan fingerprint density at radius 3 is 2.64 bits per heavy atom. The lowest BCUT2D eigenvalue weighted by atomic mass is 10.1. The molecule has 1 atom stereocenters. The normalized spacial score (nSPS) is 13.9. The van der Waals surface area contributed by atoms with Crippen molar-refractivity contribution in [2.24, 2.45) is 0 Å². The SMILES string of the molecule is CS(=O)(=O)C[C@H](O)c1cccc(F)c1. The van der Waals surface area contributed by atoms with E-state index in [9.17, 15) is 17.9 Å². The number of rotatable bonds is 3. The summed E-state index contributed by atoms with van der Waals surface area (Å²) >= 11 is 0. The zero-order chi connectivity index (χ0) is 10.8. The number of aliphatic hydroxyl groups is 1. The van der Waals surface area contributed by atoms with Crippen LogP contribution in [0.3, 0.4) is 0 Å². The van der Waals surface area contributed by atoms with Gasteiger partial charge < -0.3 is 5.11 Å². The van der Waals surface area contributed by atoms with Crippen LogP contribution in [-0.2, 0) is 9.84 Å². The Balaban J connectivity index is 2.85. The van der Waals surface area contributed by atoms with Gasteiger partial charge in [0.1, 0.15) is 15.7 Å². The summed E-state index contributed by atoms with van der Waals surface area (Å²) in [5.41, 5.74) is 0.274. The molecule has 1 N–H and O–H groups in total. The van der Waals surface area contributed by atoms with Crippen molar-refractivity contribution < 1.29 is 17.9 Å². The van der Waals surface area contributed by atoms with Crippen LogP contribution in [0.15, 0.2) is 24.3 Å². The molecule has 0 saturated heterocycles. The maximum atomic E-state index is 12.7. The van der Waals surface area contributed by atoms with Gasteiger partial charge in [0, 0.05) is 6.26 Å². The van der Waals surface area contributed by atoms with Gasteiger partial charge >= 0.3 is 0 Å². The lowest BCUT2D eigenvalue weighted by Crippen LogP contribution is -2.12. The molecule has 0 aliphatic heterocycles. The van der Waals surface area contributed by atoms with E-state index in [4.69, 9.17) is 0 Å². The summed E-state index contributed by atoms with van der Waals surface area (Å²) in [4.78, 5) is 0. The Kier molecular flexibility index (Phi) is 3.23. The summed E-state index contributed by atoms with van der Waals surface area (Å²) in [6.45, 7) is 0. The van der Waals surface area contributed by atoms with Gasteiger partial charge in [-0.2, -0.15) is 0 Å². The van der Waals surface area contributed by atoms with E-state index in [-0.39, 0.29) is 5.56 Å². The van der Waals surface area contributed by atoms with E-state index in [1.807, 2.05) is 0 Å². The van der Waals surface area contributed by atoms with Crippen molar-refractivity contribution in [1.29, 1.82) is 0 Å². The summed E-state index contributed by atoms with van der Waals surface area (Å²) < 4.78 is 34.4. The fourth-order valence-electron chi connectivity index (χ4n) is 1.10. The van der Waals surface area contributed by atoms with Crippen molar-refractivity contribution in [3.63, 3.8) is 0 Å². The summed E-state index contributed by atoms with van der Waals surface area (Å²) in [7, 11) is -3.26. The monoisotopic (exact) mass is 218 g/mol. The molecule has 0 fully saturated rings. The molecule has 1 aromatic carbocycles. The smallest absolute Gasteiger partial charge is 0.150 e. The maximum Gasteiger partial charge on any atom is 0.150 e. The fourth-order valence-corrected chi connectivity index (χ4v) is 1.86. The lowest BCUT2D eigenvalue weighted by molar-refractivity contribution is 0.201. The van der Waals surface area contributed by atoms with Crippen molar-refractivity contribution in [3.8, 4) is 0 Å². The molecular weight excluding hydrogens is 207 g/mol. The van der Waals surface area contributed by atoms with Gasteiger partial charge in [0.15, 0.2) is 0 Å². The molecule has 0 bridgehead atoms. The van der Waals surface area contributed by atoms with Crippen LogP contribution in [0.4, 0.5) is 4.39 Å². The molecule has 0 aliphatic carbocycles. The third-order valence-electron chi connectivity index (χ3n) is 1.69. The Hall–Kier alpha value is -0.940. The average molecular weight is 218 g/mol. The zero-order valence-electron chi connectivity index (χ0n) is 7.64. The highest BCUT2D eigenvalue weighted by atomic mass is 32.2. The third kappa shape index (κ3) is 3.43. The molecule has 0 saturated carbocycles. The Labute approximate surface area is 82.1 Å². The van der Waals surface area contributed by atoms with E-state index in [1.54, 1.807) is 0 Å². The van der Waals surface area contributed by atoms with Gasteiger partial charge in [0.05, 0.1) is 11.9 Å². The number of benzene rings is 1. The molecule has 0 aromatic heterocycles. The minimum atomic E-state index is -3.26. The van der Waals surface area contributed by atoms with Gasteiger partial charge in [-0.15, -0.1) is 0 Å². The van der Waals surface area contributed by atoms with Crippen LogP contribution in [0.5, 0.6) is 0 Å². The molecule has 1 aromatic rings. The molecule has 5 heteroatoms. The van der Waals surface area contributed by atoms with Crippen molar-refractivity contribution in [2.75, 3.05) is 12.0 Å². The second-order valence-corrected chi connectivity index (χ2v) is 5.35. The van der Waals surface area contributed by atoms with E-state index < -0.39 is 27.5 Å². The molecule has 0 unspecified atom stereocenters. The predicted octanol–water partition coefficient (Wildman–Crippen LogP) is 0.904. The predicted molar refractivity (Wildman–Crippen MR) is 51.1 cm³/mol. The molecule has 0 heterocycles. The van der Waals surface area contributed by atoms with E-state index in [0.29, 0.717) is 0 Å². The van der Waals surface area contributed by atoms with Crippen LogP contribution < -0.4 is 0 Å². The van der Waals surface area contributed by atoms with Crippen molar-refractivity contribution in [3.05, 3.63) is 35.6 Å². The lowest BCUT2D eigenvalue weighted by Gasteiger charge is -2.09. The van der Waals surface area contributed by atoms with E-state index in [1.165, 1.54) is 18.2 Å². The van der Waals surface area contributed by atoms with Gasteiger partial charge in [0.2, 0.25) is 0 Å². The number of hydrogen-bond donors (Lipinski definition) is 1. The van der Waals surface area contributed by atoms with Gasteiger partial charge in [-0.1, -0.05) is 12.1 Å². The number of halogens is 1. The maximum absolute atomic E-state index is 12.7. The van der Waals surface area contributed by atoms with Gasteiger partial charge in [0.25, 0.3) is 0 Å². The number of aliphatic hydroxyl groups excluding tert-OH is 1. The molecule has 14 heavy (non-hydrogen) atoms. The molecule has 0 amide bonds. The second-order valence-electron chi connectivity index (χ2n) is 3.16. The van der Waals surface area contributed by atoms with Crippen LogP contribution in [0, 0.1) is 5.82 Å². The van der Waals surface area contributed by atoms with Crippen LogP contribution in [0.25, 0.3) is 0 Å². The van der Waals surface area contributed by atoms with Crippen molar-refractivity contribution >= 4 is 9.84 Å². The van der Waals surface area contributed by atoms with Crippen LogP contribution in [-0.4, -0.2) is 25.5 Å². The van der Waals surface area contributed by atoms with Crippen LogP contribution in [0.1, 0.15) is 11.7 Å². The first-order valence-electron chi connectivity index (χ1n) is 4.00. The minimum absolute atomic E-state index is 0.274. The van der Waals surface area contributed by atoms with Crippen molar-refractivity contribution in [1.82, 2.24) is 0 Å². The summed E-state index contributed by atoms with van der Waals surface area (Å²) in [6.07, 6.45) is -0.143. The summed E-state index contributed by atoms with van der Waals surface area (Å²) in [5.74, 6) is -0.883. The summed E-state index contributed by atoms with van der Waals surface area (Å²) in [6, 6.07) is 5.27. The molecule has 1 rings (SSSR count). The Morgan fingerprint density at radius 2 is 2.14 bits per heavy atom. The molecule has 0 aliphatic rings. The minimum Gasteiger partial charge on any atom is -0.387 e. The van der Waals surface area contributed by atoms with E-state index >= 15 is 0 Å². The highest BCUT2D eigenvalue weighted by molar-refractivity contribution is 7.90. The Bertz CT molecular complexity index is 414. The van der Waals surface area contributed by atoms with Gasteiger partial charge in [-0.25, -0.2) is 12.8 Å². The Morgan fingerprint density at radius 1 is 1.50 bits per heavy atom. The topological polar surface area (TPSA) is 54.4 Å². The summed E-state index contributed by atoms with van der Waals surface area (Å²) in [5, 5.41) is 9.43. The first kappa shape index (κ1) is 11.1. The van der Waals surface area contributed by atoms with Crippen molar-refractivity contribution in [2.45, 2.75) is 6.10 Å². The van der Waals surface area contributed by atoms with Crippen LogP contribution in [0.2, 0.25) is 0 Å². The average Bonchev–Trinajstić information content (AvgIpc) is 2.01. The zero-order valence-corrected chi connectivity index (χ0v) is 8.46. The number of hydrogen-bond acceptors (Lipinski definition) is 3. The fraction of sp³-hybridized carbons (Fsp3) is 0.333. The molecular formula is C9H11FO3S. The number of sulfone groups is 1. The standard InChI is InChI=1S/C9H11FO3S/c1-14(12,13)6-9(11)7-3-2-4-8(10)5-7/h2-5,9,11H,6H2,1H3/t9-/m0/s1. The molecule has 0 spiro atoms. The molecule has 3 nitrogen and oxygen atoms in total. The largest absolute Gasteiger partial charge is 0.387 e.